The molecule has 1 heterocycles. The van der Waals surface area contributed by atoms with E-state index in [-0.39, 0.29) is 23.8 Å². The molecule has 0 aromatic heterocycles. The lowest BCUT2D eigenvalue weighted by Crippen LogP contribution is -2.56. The van der Waals surface area contributed by atoms with E-state index >= 15 is 0 Å². The van der Waals surface area contributed by atoms with Crippen molar-refractivity contribution >= 4 is 27.3 Å². The normalized spacial score (nSPS) is 15.7. The van der Waals surface area contributed by atoms with Gasteiger partial charge in [0.15, 0.2) is 0 Å². The molecule has 1 fully saturated rings. The van der Waals surface area contributed by atoms with Crippen molar-refractivity contribution in [2.45, 2.75) is 19.4 Å². The van der Waals surface area contributed by atoms with E-state index in [4.69, 9.17) is 0 Å². The van der Waals surface area contributed by atoms with Crippen LogP contribution in [0.3, 0.4) is 0 Å². The first-order chi connectivity index (χ1) is 14.2. The van der Waals surface area contributed by atoms with E-state index in [9.17, 15) is 22.0 Å². The molecule has 0 N–H and O–H groups in total. The minimum absolute atomic E-state index is 0.240. The monoisotopic (exact) mass is 437 g/mol. The average molecular weight is 438 g/mol. The molecule has 0 saturated carbocycles. The van der Waals surface area contributed by atoms with Gasteiger partial charge in [0, 0.05) is 26.2 Å². The van der Waals surface area contributed by atoms with Crippen molar-refractivity contribution in [3.63, 3.8) is 0 Å². The van der Waals surface area contributed by atoms with Gasteiger partial charge < -0.3 is 9.80 Å². The molecule has 1 atom stereocenters. The summed E-state index contributed by atoms with van der Waals surface area (Å²) in [5, 5.41) is 0. The molecule has 0 aliphatic carbocycles. The number of nitrogens with zero attached hydrogens (tertiary/aromatic N) is 3. The Hall–Kier alpha value is -2.68. The Morgan fingerprint density at radius 2 is 1.63 bits per heavy atom. The van der Waals surface area contributed by atoms with Gasteiger partial charge in [-0.25, -0.2) is 17.2 Å². The van der Waals surface area contributed by atoms with Crippen molar-refractivity contribution in [2.75, 3.05) is 41.6 Å². The zero-order valence-electron chi connectivity index (χ0n) is 17.0. The number of sulfonamides is 1. The van der Waals surface area contributed by atoms with Gasteiger partial charge in [-0.2, -0.15) is 0 Å². The van der Waals surface area contributed by atoms with E-state index in [2.05, 4.69) is 0 Å². The molecule has 30 heavy (non-hydrogen) atoms. The molecule has 0 spiro atoms. The highest BCUT2D eigenvalue weighted by molar-refractivity contribution is 7.92. The van der Waals surface area contributed by atoms with E-state index in [0.29, 0.717) is 31.9 Å². The summed E-state index contributed by atoms with van der Waals surface area (Å²) in [6.07, 6.45) is 1.29. The Kier molecular flexibility index (Phi) is 6.60. The second-order valence-electron chi connectivity index (χ2n) is 7.22. The lowest BCUT2D eigenvalue weighted by Gasteiger charge is -2.39. The molecule has 1 saturated heterocycles. The summed E-state index contributed by atoms with van der Waals surface area (Å²) in [5.74, 6) is -1.13. The molecule has 2 aromatic rings. The third kappa shape index (κ3) is 4.72. The summed E-state index contributed by atoms with van der Waals surface area (Å²) in [7, 11) is -3.78. The van der Waals surface area contributed by atoms with E-state index in [1.165, 1.54) is 18.2 Å². The fraction of sp³-hybridized carbons (Fsp3) is 0.381. The lowest BCUT2D eigenvalue weighted by atomic mass is 10.1. The van der Waals surface area contributed by atoms with Crippen LogP contribution in [0.25, 0.3) is 0 Å². The van der Waals surface area contributed by atoms with E-state index in [0.717, 1.165) is 22.7 Å². The maximum Gasteiger partial charge on any atom is 0.246 e. The molecule has 1 amide bonds. The number of benzene rings is 2. The van der Waals surface area contributed by atoms with Crippen LogP contribution in [0.5, 0.6) is 0 Å². The van der Waals surface area contributed by atoms with Crippen molar-refractivity contribution in [1.82, 2.24) is 4.90 Å². The smallest absolute Gasteiger partial charge is 0.246 e. The van der Waals surface area contributed by atoms with Crippen LogP contribution in [0.2, 0.25) is 0 Å². The molecular weight excluding hydrogens is 412 g/mol. The number of halogens is 2. The number of rotatable bonds is 6. The number of piperazine rings is 1. The van der Waals surface area contributed by atoms with E-state index < -0.39 is 21.9 Å². The quantitative estimate of drug-likeness (QED) is 0.697. The maximum atomic E-state index is 14.0. The third-order valence-corrected chi connectivity index (χ3v) is 6.36. The topological polar surface area (TPSA) is 60.9 Å². The third-order valence-electron chi connectivity index (χ3n) is 5.18. The zero-order valence-corrected chi connectivity index (χ0v) is 17.8. The van der Waals surface area contributed by atoms with Crippen molar-refractivity contribution in [2.24, 2.45) is 0 Å². The van der Waals surface area contributed by atoms with Gasteiger partial charge in [-0.15, -0.1) is 0 Å². The Morgan fingerprint density at radius 3 is 2.17 bits per heavy atom. The molecule has 162 valence electrons. The van der Waals surface area contributed by atoms with Crippen LogP contribution in [-0.4, -0.2) is 57.7 Å². The number of hydrogen-bond donors (Lipinski definition) is 0. The minimum Gasteiger partial charge on any atom is -0.366 e. The number of anilines is 2. The Bertz CT molecular complexity index is 991. The zero-order chi connectivity index (χ0) is 21.9. The fourth-order valence-corrected chi connectivity index (χ4v) is 4.92. The summed E-state index contributed by atoms with van der Waals surface area (Å²) in [6, 6.07) is 10.6. The van der Waals surface area contributed by atoms with Crippen molar-refractivity contribution in [1.29, 1.82) is 0 Å². The molecule has 1 aliphatic rings. The van der Waals surface area contributed by atoms with Gasteiger partial charge >= 0.3 is 0 Å². The van der Waals surface area contributed by atoms with Crippen LogP contribution in [0.1, 0.15) is 13.3 Å². The molecule has 3 rings (SSSR count). The summed E-state index contributed by atoms with van der Waals surface area (Å²) >= 11 is 0. The summed E-state index contributed by atoms with van der Waals surface area (Å²) in [5.41, 5.74) is 0.727. The van der Waals surface area contributed by atoms with Crippen molar-refractivity contribution in [3.8, 4) is 0 Å². The fourth-order valence-electron chi connectivity index (χ4n) is 3.72. The van der Waals surface area contributed by atoms with Gasteiger partial charge in [0.2, 0.25) is 15.9 Å². The molecule has 1 aliphatic heterocycles. The highest BCUT2D eigenvalue weighted by atomic mass is 32.2. The first-order valence-corrected chi connectivity index (χ1v) is 11.6. The van der Waals surface area contributed by atoms with Crippen LogP contribution >= 0.6 is 0 Å². The van der Waals surface area contributed by atoms with Gasteiger partial charge in [-0.3, -0.25) is 9.10 Å². The summed E-state index contributed by atoms with van der Waals surface area (Å²) in [4.78, 5) is 16.7. The van der Waals surface area contributed by atoms with Crippen LogP contribution in [0, 0.1) is 11.6 Å². The molecule has 0 radical (unpaired) electrons. The number of carbonyl (C=O) groups excluding carboxylic acids is 1. The highest BCUT2D eigenvalue weighted by Gasteiger charge is 2.35. The SMILES string of the molecule is CC[C@@H](C(=O)N1CCN(c2ccccc2F)CC1)N(c1ccc(F)cc1)S(C)(=O)=O. The first-order valence-electron chi connectivity index (χ1n) is 9.75. The van der Waals surface area contributed by atoms with Crippen LogP contribution < -0.4 is 9.21 Å². The number of para-hydroxylation sites is 1. The van der Waals surface area contributed by atoms with Gasteiger partial charge in [-0.1, -0.05) is 19.1 Å². The van der Waals surface area contributed by atoms with Crippen LogP contribution in [0.15, 0.2) is 48.5 Å². The van der Waals surface area contributed by atoms with E-state index in [1.54, 1.807) is 30.0 Å². The van der Waals surface area contributed by atoms with Crippen molar-refractivity contribution in [3.05, 3.63) is 60.2 Å². The Labute approximate surface area is 175 Å². The molecule has 9 heteroatoms. The molecule has 6 nitrogen and oxygen atoms in total. The standard InChI is InChI=1S/C21H25F2N3O3S/c1-3-19(26(30(2,28)29)17-10-8-16(22)9-11-17)21(27)25-14-12-24(13-15-25)20-7-5-4-6-18(20)23/h4-11,19H,3,12-15H2,1-2H3/t19-/m0/s1. The Balaban J connectivity index is 1.78. The number of hydrogen-bond acceptors (Lipinski definition) is 4. The number of carbonyl (C=O) groups is 1. The Morgan fingerprint density at radius 1 is 1.03 bits per heavy atom. The largest absolute Gasteiger partial charge is 0.366 e. The first kappa shape index (κ1) is 22.0. The van der Waals surface area contributed by atoms with Gasteiger partial charge in [0.05, 0.1) is 17.6 Å². The molecular formula is C21H25F2N3O3S. The van der Waals surface area contributed by atoms with Crippen LogP contribution in [0.4, 0.5) is 20.2 Å². The maximum absolute atomic E-state index is 14.0. The summed E-state index contributed by atoms with van der Waals surface area (Å²) < 4.78 is 53.4. The number of amides is 1. The highest BCUT2D eigenvalue weighted by Crippen LogP contribution is 2.25. The minimum atomic E-state index is -3.78. The van der Waals surface area contributed by atoms with Crippen molar-refractivity contribution < 1.29 is 22.0 Å². The van der Waals surface area contributed by atoms with Gasteiger partial charge in [-0.05, 0) is 42.8 Å². The second kappa shape index (κ2) is 8.99. The van der Waals surface area contributed by atoms with Gasteiger partial charge in [0.1, 0.15) is 17.7 Å². The predicted octanol–water partition coefficient (Wildman–Crippen LogP) is 2.86. The second-order valence-corrected chi connectivity index (χ2v) is 9.08. The van der Waals surface area contributed by atoms with E-state index in [1.807, 2.05) is 4.90 Å². The predicted molar refractivity (Wildman–Crippen MR) is 113 cm³/mol. The summed E-state index contributed by atoms with van der Waals surface area (Å²) in [6.45, 7) is 3.33. The average Bonchev–Trinajstić information content (AvgIpc) is 2.72. The lowest BCUT2D eigenvalue weighted by molar-refractivity contribution is -0.132. The molecule has 0 bridgehead atoms. The molecule has 2 aromatic carbocycles. The van der Waals surface area contributed by atoms with Crippen LogP contribution in [-0.2, 0) is 14.8 Å². The molecule has 0 unspecified atom stereocenters. The van der Waals surface area contributed by atoms with Gasteiger partial charge in [0.25, 0.3) is 0 Å².